The minimum absolute atomic E-state index is 0.258. The fraction of sp³-hybridized carbons (Fsp3) is 0.611. The predicted molar refractivity (Wildman–Crippen MR) is 89.2 cm³/mol. The van der Waals surface area contributed by atoms with Crippen molar-refractivity contribution in [3.63, 3.8) is 0 Å². The molecule has 1 saturated carbocycles. The molecule has 1 atom stereocenters. The molecule has 0 aromatic heterocycles. The number of hydrogen-bond donors (Lipinski definition) is 2. The molecule has 4 nitrogen and oxygen atoms in total. The highest BCUT2D eigenvalue weighted by Gasteiger charge is 2.32. The number of quaternary nitrogens is 1. The molecule has 0 radical (unpaired) electrons. The lowest BCUT2D eigenvalue weighted by atomic mass is 10.0. The number of likely N-dealkylation sites (tertiary alicyclic amines) is 1. The van der Waals surface area contributed by atoms with E-state index in [0.717, 1.165) is 19.4 Å². The Morgan fingerprint density at radius 2 is 1.86 bits per heavy atom. The standard InChI is InChI=1S/C18H27N3O/c1-20(2)16-9-7-14(8-10-16)17(21-11-3-4-12-21)13-19-18(22)15-5-6-15/h7-10,15,17H,3-6,11-13H2,1-2H3,(H,19,22)/p+1/t17-/m1/s1. The average molecular weight is 302 g/mol. The van der Waals surface area contributed by atoms with Gasteiger partial charge in [0.25, 0.3) is 0 Å². The van der Waals surface area contributed by atoms with E-state index in [4.69, 9.17) is 0 Å². The van der Waals surface area contributed by atoms with Gasteiger partial charge in [-0.1, -0.05) is 12.1 Å². The zero-order valence-corrected chi connectivity index (χ0v) is 13.8. The van der Waals surface area contributed by atoms with Crippen LogP contribution in [0.5, 0.6) is 0 Å². The number of amides is 1. The van der Waals surface area contributed by atoms with Crippen molar-refractivity contribution in [1.29, 1.82) is 0 Å². The fourth-order valence-corrected chi connectivity index (χ4v) is 3.37. The SMILES string of the molecule is CN(C)c1ccc([C@@H](CNC(=O)C2CC2)[NH+]2CCCC2)cc1. The van der Waals surface area contributed by atoms with Crippen molar-refractivity contribution < 1.29 is 9.69 Å². The van der Waals surface area contributed by atoms with Crippen LogP contribution in [0.1, 0.15) is 37.3 Å². The number of carbonyl (C=O) groups is 1. The van der Waals surface area contributed by atoms with Crippen LogP contribution >= 0.6 is 0 Å². The lowest BCUT2D eigenvalue weighted by Gasteiger charge is -2.26. The van der Waals surface area contributed by atoms with Crippen LogP contribution in [0, 0.1) is 5.92 Å². The lowest BCUT2D eigenvalue weighted by Crippen LogP contribution is -3.11. The van der Waals surface area contributed by atoms with Gasteiger partial charge in [0.15, 0.2) is 0 Å². The molecule has 3 rings (SSSR count). The molecule has 0 unspecified atom stereocenters. The Bertz CT molecular complexity index is 502. The van der Waals surface area contributed by atoms with Gasteiger partial charge in [-0.2, -0.15) is 0 Å². The molecular formula is C18H28N3O+. The number of nitrogens with one attached hydrogen (secondary N) is 2. The van der Waals surface area contributed by atoms with Crippen LogP contribution in [0.4, 0.5) is 5.69 Å². The molecule has 22 heavy (non-hydrogen) atoms. The lowest BCUT2D eigenvalue weighted by molar-refractivity contribution is -0.918. The van der Waals surface area contributed by atoms with E-state index < -0.39 is 0 Å². The van der Waals surface area contributed by atoms with Gasteiger partial charge in [-0.25, -0.2) is 0 Å². The highest BCUT2D eigenvalue weighted by atomic mass is 16.2. The first-order valence-corrected chi connectivity index (χ1v) is 8.54. The van der Waals surface area contributed by atoms with Gasteiger partial charge >= 0.3 is 0 Å². The topological polar surface area (TPSA) is 36.8 Å². The van der Waals surface area contributed by atoms with Crippen molar-refractivity contribution in [2.75, 3.05) is 38.6 Å². The Balaban J connectivity index is 1.70. The van der Waals surface area contributed by atoms with Crippen molar-refractivity contribution in [3.05, 3.63) is 29.8 Å². The summed E-state index contributed by atoms with van der Waals surface area (Å²) in [5.74, 6) is 0.554. The maximum absolute atomic E-state index is 12.0. The number of rotatable bonds is 6. The maximum atomic E-state index is 12.0. The van der Waals surface area contributed by atoms with E-state index in [1.165, 1.54) is 37.2 Å². The van der Waals surface area contributed by atoms with Crippen LogP contribution in [0.2, 0.25) is 0 Å². The van der Waals surface area contributed by atoms with Gasteiger partial charge in [0.2, 0.25) is 5.91 Å². The van der Waals surface area contributed by atoms with Crippen molar-refractivity contribution in [1.82, 2.24) is 5.32 Å². The molecule has 1 heterocycles. The predicted octanol–water partition coefficient (Wildman–Crippen LogP) is 0.999. The first kappa shape index (κ1) is 15.3. The fourth-order valence-electron chi connectivity index (χ4n) is 3.37. The highest BCUT2D eigenvalue weighted by Crippen LogP contribution is 2.28. The Morgan fingerprint density at radius 1 is 1.23 bits per heavy atom. The molecule has 1 saturated heterocycles. The molecular weight excluding hydrogens is 274 g/mol. The number of benzene rings is 1. The van der Waals surface area contributed by atoms with E-state index in [1.54, 1.807) is 4.90 Å². The number of carbonyl (C=O) groups excluding carboxylic acids is 1. The molecule has 1 aromatic carbocycles. The number of hydrogen-bond acceptors (Lipinski definition) is 2. The van der Waals surface area contributed by atoms with Gasteiger partial charge in [-0.15, -0.1) is 0 Å². The molecule has 4 heteroatoms. The van der Waals surface area contributed by atoms with Gasteiger partial charge in [-0.05, 0) is 25.0 Å². The summed E-state index contributed by atoms with van der Waals surface area (Å²) in [4.78, 5) is 15.7. The molecule has 2 fully saturated rings. The summed E-state index contributed by atoms with van der Waals surface area (Å²) in [6, 6.07) is 9.21. The third kappa shape index (κ3) is 3.61. The summed E-state index contributed by atoms with van der Waals surface area (Å²) in [6.07, 6.45) is 4.76. The van der Waals surface area contributed by atoms with E-state index in [-0.39, 0.29) is 5.91 Å². The molecule has 1 aromatic rings. The van der Waals surface area contributed by atoms with Crippen LogP contribution in [0.3, 0.4) is 0 Å². The van der Waals surface area contributed by atoms with Gasteiger partial charge in [-0.3, -0.25) is 4.79 Å². The number of nitrogens with zero attached hydrogens (tertiary/aromatic N) is 1. The summed E-state index contributed by atoms with van der Waals surface area (Å²) in [5, 5.41) is 3.19. The number of anilines is 1. The third-order valence-electron chi connectivity index (χ3n) is 4.98. The van der Waals surface area contributed by atoms with Crippen LogP contribution in [0.25, 0.3) is 0 Å². The molecule has 1 amide bonds. The van der Waals surface area contributed by atoms with E-state index >= 15 is 0 Å². The summed E-state index contributed by atoms with van der Waals surface area (Å²) in [5.41, 5.74) is 2.57. The Labute approximate surface area is 133 Å². The highest BCUT2D eigenvalue weighted by molar-refractivity contribution is 5.80. The van der Waals surface area contributed by atoms with Gasteiger partial charge < -0.3 is 15.1 Å². The second kappa shape index (κ2) is 6.69. The summed E-state index contributed by atoms with van der Waals surface area (Å²) >= 11 is 0. The third-order valence-corrected chi connectivity index (χ3v) is 4.98. The summed E-state index contributed by atoms with van der Waals surface area (Å²) in [7, 11) is 4.13. The zero-order valence-electron chi connectivity index (χ0n) is 13.8. The maximum Gasteiger partial charge on any atom is 0.223 e. The second-order valence-corrected chi connectivity index (χ2v) is 6.92. The first-order valence-electron chi connectivity index (χ1n) is 8.54. The van der Waals surface area contributed by atoms with Crippen LogP contribution in [0.15, 0.2) is 24.3 Å². The average Bonchev–Trinajstić information content (AvgIpc) is 3.24. The van der Waals surface area contributed by atoms with Crippen molar-refractivity contribution in [3.8, 4) is 0 Å². The molecule has 120 valence electrons. The molecule has 1 aliphatic carbocycles. The first-order chi connectivity index (χ1) is 10.6. The van der Waals surface area contributed by atoms with Gasteiger partial charge in [0, 0.05) is 44.1 Å². The Morgan fingerprint density at radius 3 is 2.41 bits per heavy atom. The largest absolute Gasteiger partial charge is 0.378 e. The zero-order chi connectivity index (χ0) is 15.5. The Kier molecular flexibility index (Phi) is 4.67. The van der Waals surface area contributed by atoms with Crippen molar-refractivity contribution >= 4 is 11.6 Å². The molecule has 1 aliphatic heterocycles. The molecule has 0 spiro atoms. The van der Waals surface area contributed by atoms with Crippen LogP contribution in [-0.4, -0.2) is 39.6 Å². The summed E-state index contributed by atoms with van der Waals surface area (Å²) < 4.78 is 0. The molecule has 2 aliphatic rings. The monoisotopic (exact) mass is 302 g/mol. The van der Waals surface area contributed by atoms with Crippen LogP contribution < -0.4 is 15.1 Å². The minimum atomic E-state index is 0.258. The smallest absolute Gasteiger partial charge is 0.223 e. The van der Waals surface area contributed by atoms with Crippen LogP contribution in [-0.2, 0) is 4.79 Å². The van der Waals surface area contributed by atoms with Gasteiger partial charge in [0.05, 0.1) is 19.6 Å². The van der Waals surface area contributed by atoms with E-state index in [2.05, 4.69) is 48.6 Å². The van der Waals surface area contributed by atoms with Crippen molar-refractivity contribution in [2.45, 2.75) is 31.7 Å². The Hall–Kier alpha value is -1.55. The van der Waals surface area contributed by atoms with E-state index in [1.807, 2.05) is 0 Å². The quantitative estimate of drug-likeness (QED) is 0.822. The van der Waals surface area contributed by atoms with Crippen molar-refractivity contribution in [2.24, 2.45) is 5.92 Å². The van der Waals surface area contributed by atoms with Gasteiger partial charge in [0.1, 0.15) is 6.04 Å². The normalized spacial score (nSPS) is 19.9. The molecule has 2 N–H and O–H groups in total. The van der Waals surface area contributed by atoms with E-state index in [0.29, 0.717) is 12.0 Å². The second-order valence-electron chi connectivity index (χ2n) is 6.92. The minimum Gasteiger partial charge on any atom is -0.378 e. The molecule has 0 bridgehead atoms. The summed E-state index contributed by atoms with van der Waals surface area (Å²) in [6.45, 7) is 3.21. The van der Waals surface area contributed by atoms with E-state index in [9.17, 15) is 4.79 Å².